The summed E-state index contributed by atoms with van der Waals surface area (Å²) >= 11 is 0. The van der Waals surface area contributed by atoms with Crippen LogP contribution in [0.4, 0.5) is 8.78 Å². The van der Waals surface area contributed by atoms with Crippen LogP contribution in [0.25, 0.3) is 0 Å². The number of benzene rings is 2. The summed E-state index contributed by atoms with van der Waals surface area (Å²) in [6, 6.07) is 11.0. The molecule has 1 aliphatic rings. The summed E-state index contributed by atoms with van der Waals surface area (Å²) in [6.45, 7) is 0.251. The average molecular weight is 289 g/mol. The number of hydrogen-bond donors (Lipinski definition) is 2. The average Bonchev–Trinajstić information content (AvgIpc) is 2.85. The molecular weight excluding hydrogens is 272 g/mol. The molecular formula is C17H17F2NO. The third-order valence-electron chi connectivity index (χ3n) is 4.39. The Bertz CT molecular complexity index is 626. The summed E-state index contributed by atoms with van der Waals surface area (Å²) in [4.78, 5) is 0. The Morgan fingerprint density at radius 3 is 2.05 bits per heavy atom. The Kier molecular flexibility index (Phi) is 3.51. The minimum absolute atomic E-state index is 0.241. The summed E-state index contributed by atoms with van der Waals surface area (Å²) in [5.41, 5.74) is 7.82. The first-order valence-electron chi connectivity index (χ1n) is 6.95. The lowest BCUT2D eigenvalue weighted by molar-refractivity contribution is 0.0353. The van der Waals surface area contributed by atoms with Crippen LogP contribution in [-0.2, 0) is 12.8 Å². The van der Waals surface area contributed by atoms with E-state index in [0.29, 0.717) is 12.8 Å². The van der Waals surface area contributed by atoms with E-state index in [4.69, 9.17) is 5.73 Å². The van der Waals surface area contributed by atoms with E-state index in [1.54, 1.807) is 0 Å². The number of hydrogen-bond acceptors (Lipinski definition) is 2. The summed E-state index contributed by atoms with van der Waals surface area (Å²) in [7, 11) is 0. The second-order valence-electron chi connectivity index (χ2n) is 5.79. The van der Waals surface area contributed by atoms with Gasteiger partial charge in [0, 0.05) is 18.0 Å². The molecule has 0 radical (unpaired) electrons. The van der Waals surface area contributed by atoms with E-state index >= 15 is 0 Å². The molecule has 2 nitrogen and oxygen atoms in total. The highest BCUT2D eigenvalue weighted by Gasteiger charge is 2.42. The maximum atomic E-state index is 13.4. The van der Waals surface area contributed by atoms with Crippen molar-refractivity contribution in [2.24, 2.45) is 11.1 Å². The van der Waals surface area contributed by atoms with Gasteiger partial charge in [-0.05, 0) is 41.7 Å². The van der Waals surface area contributed by atoms with Crippen molar-refractivity contribution in [3.05, 3.63) is 70.8 Å². The van der Waals surface area contributed by atoms with Crippen molar-refractivity contribution < 1.29 is 13.9 Å². The molecule has 3 rings (SSSR count). The predicted molar refractivity (Wildman–Crippen MR) is 76.7 cm³/mol. The second kappa shape index (κ2) is 5.20. The third kappa shape index (κ3) is 2.45. The van der Waals surface area contributed by atoms with Gasteiger partial charge >= 0.3 is 0 Å². The molecule has 3 N–H and O–H groups in total. The highest BCUT2D eigenvalue weighted by molar-refractivity contribution is 5.37. The number of halogens is 2. The van der Waals surface area contributed by atoms with Crippen LogP contribution in [0.2, 0.25) is 0 Å². The van der Waals surface area contributed by atoms with E-state index in [0.717, 1.165) is 17.2 Å². The SMILES string of the molecule is NCC1(C(O)c2cc(F)cc(F)c2)Cc2ccccc2C1. The monoisotopic (exact) mass is 289 g/mol. The molecule has 110 valence electrons. The fraction of sp³-hybridized carbons (Fsp3) is 0.294. The Balaban J connectivity index is 1.97. The zero-order valence-corrected chi connectivity index (χ0v) is 11.5. The third-order valence-corrected chi connectivity index (χ3v) is 4.39. The normalized spacial score (nSPS) is 17.5. The Labute approximate surface area is 122 Å². The van der Waals surface area contributed by atoms with Gasteiger partial charge in [-0.2, -0.15) is 0 Å². The highest BCUT2D eigenvalue weighted by atomic mass is 19.1. The summed E-state index contributed by atoms with van der Waals surface area (Å²) in [5.74, 6) is -1.38. The standard InChI is InChI=1S/C17H17F2NO/c18-14-5-13(6-15(19)7-14)16(21)17(10-20)8-11-3-1-2-4-12(11)9-17/h1-7,16,21H,8-10,20H2. The fourth-order valence-electron chi connectivity index (χ4n) is 3.26. The van der Waals surface area contributed by atoms with Gasteiger partial charge in [0.2, 0.25) is 0 Å². The number of aliphatic hydroxyl groups excluding tert-OH is 1. The molecule has 0 heterocycles. The van der Waals surface area contributed by atoms with Gasteiger partial charge in [0.25, 0.3) is 0 Å². The smallest absolute Gasteiger partial charge is 0.126 e. The fourth-order valence-corrected chi connectivity index (χ4v) is 3.26. The molecule has 0 spiro atoms. The molecule has 0 bridgehead atoms. The van der Waals surface area contributed by atoms with E-state index < -0.39 is 23.2 Å². The summed E-state index contributed by atoms with van der Waals surface area (Å²) in [5, 5.41) is 10.7. The van der Waals surface area contributed by atoms with E-state index in [2.05, 4.69) is 0 Å². The van der Waals surface area contributed by atoms with Crippen LogP contribution in [0.3, 0.4) is 0 Å². The van der Waals surface area contributed by atoms with E-state index in [-0.39, 0.29) is 12.1 Å². The molecule has 2 aromatic carbocycles. The first-order valence-corrected chi connectivity index (χ1v) is 6.95. The first-order chi connectivity index (χ1) is 10.0. The molecule has 1 aliphatic carbocycles. The molecule has 0 aliphatic heterocycles. The lowest BCUT2D eigenvalue weighted by atomic mass is 9.76. The quantitative estimate of drug-likeness (QED) is 0.912. The van der Waals surface area contributed by atoms with Gasteiger partial charge in [0.1, 0.15) is 11.6 Å². The topological polar surface area (TPSA) is 46.2 Å². The summed E-state index contributed by atoms with van der Waals surface area (Å²) in [6.07, 6.45) is 0.220. The van der Waals surface area contributed by atoms with Gasteiger partial charge in [0.05, 0.1) is 6.10 Å². The van der Waals surface area contributed by atoms with Gasteiger partial charge in [0.15, 0.2) is 0 Å². The maximum Gasteiger partial charge on any atom is 0.126 e. The second-order valence-corrected chi connectivity index (χ2v) is 5.79. The van der Waals surface area contributed by atoms with Gasteiger partial charge in [-0.1, -0.05) is 24.3 Å². The van der Waals surface area contributed by atoms with Crippen LogP contribution in [-0.4, -0.2) is 11.7 Å². The van der Waals surface area contributed by atoms with Crippen LogP contribution in [0.1, 0.15) is 22.8 Å². The van der Waals surface area contributed by atoms with Gasteiger partial charge < -0.3 is 10.8 Å². The zero-order chi connectivity index (χ0) is 15.0. The van der Waals surface area contributed by atoms with Crippen molar-refractivity contribution in [2.75, 3.05) is 6.54 Å². The zero-order valence-electron chi connectivity index (χ0n) is 11.5. The van der Waals surface area contributed by atoms with Crippen molar-refractivity contribution in [3.8, 4) is 0 Å². The number of nitrogens with two attached hydrogens (primary N) is 1. The number of fused-ring (bicyclic) bond motifs is 1. The molecule has 1 unspecified atom stereocenters. The molecule has 0 saturated heterocycles. The van der Waals surface area contributed by atoms with Crippen LogP contribution in [0.5, 0.6) is 0 Å². The van der Waals surface area contributed by atoms with Gasteiger partial charge in [-0.3, -0.25) is 0 Å². The lowest BCUT2D eigenvalue weighted by Gasteiger charge is -2.33. The van der Waals surface area contributed by atoms with E-state index in [1.807, 2.05) is 24.3 Å². The number of aliphatic hydroxyl groups is 1. The Hall–Kier alpha value is -1.78. The molecule has 0 amide bonds. The van der Waals surface area contributed by atoms with E-state index in [9.17, 15) is 13.9 Å². The summed E-state index contributed by atoms with van der Waals surface area (Å²) < 4.78 is 26.8. The molecule has 0 saturated carbocycles. The molecule has 2 aromatic rings. The largest absolute Gasteiger partial charge is 0.388 e. The molecule has 21 heavy (non-hydrogen) atoms. The highest BCUT2D eigenvalue weighted by Crippen LogP contribution is 2.45. The van der Waals surface area contributed by atoms with Crippen molar-refractivity contribution >= 4 is 0 Å². The van der Waals surface area contributed by atoms with Crippen molar-refractivity contribution in [1.29, 1.82) is 0 Å². The van der Waals surface area contributed by atoms with Crippen molar-refractivity contribution in [3.63, 3.8) is 0 Å². The minimum atomic E-state index is -1.000. The molecule has 1 atom stereocenters. The minimum Gasteiger partial charge on any atom is -0.388 e. The van der Waals surface area contributed by atoms with Crippen LogP contribution >= 0.6 is 0 Å². The van der Waals surface area contributed by atoms with Crippen molar-refractivity contribution in [1.82, 2.24) is 0 Å². The van der Waals surface area contributed by atoms with Crippen LogP contribution < -0.4 is 5.73 Å². The molecule has 0 aromatic heterocycles. The lowest BCUT2D eigenvalue weighted by Crippen LogP contribution is -2.37. The predicted octanol–water partition coefficient (Wildman–Crippen LogP) is 2.74. The van der Waals surface area contributed by atoms with Gasteiger partial charge in [-0.15, -0.1) is 0 Å². The van der Waals surface area contributed by atoms with Crippen molar-refractivity contribution in [2.45, 2.75) is 18.9 Å². The van der Waals surface area contributed by atoms with Crippen LogP contribution in [0, 0.1) is 17.0 Å². The molecule has 4 heteroatoms. The van der Waals surface area contributed by atoms with Gasteiger partial charge in [-0.25, -0.2) is 8.78 Å². The van der Waals surface area contributed by atoms with E-state index in [1.165, 1.54) is 12.1 Å². The Morgan fingerprint density at radius 2 is 1.57 bits per heavy atom. The maximum absolute atomic E-state index is 13.4. The molecule has 0 fully saturated rings. The first kappa shape index (κ1) is 14.2. The van der Waals surface area contributed by atoms with Crippen LogP contribution in [0.15, 0.2) is 42.5 Å². The number of rotatable bonds is 3. The Morgan fingerprint density at radius 1 is 1.05 bits per heavy atom.